The van der Waals surface area contributed by atoms with Gasteiger partial charge in [-0.15, -0.1) is 0 Å². The lowest BCUT2D eigenvalue weighted by atomic mass is 10.3. The first kappa shape index (κ1) is 9.72. The molecule has 82 valence electrons. The number of benzene rings is 1. The van der Waals surface area contributed by atoms with Gasteiger partial charge in [-0.2, -0.15) is 0 Å². The van der Waals surface area contributed by atoms with E-state index in [1.54, 1.807) is 11.8 Å². The Bertz CT molecular complexity index is 499. The third-order valence-electron chi connectivity index (χ3n) is 2.52. The molecule has 16 heavy (non-hydrogen) atoms. The highest BCUT2D eigenvalue weighted by Crippen LogP contribution is 2.18. The van der Waals surface area contributed by atoms with Crippen LogP contribution in [0.15, 0.2) is 29.4 Å². The molecule has 0 amide bonds. The molecule has 4 nitrogen and oxygen atoms in total. The van der Waals surface area contributed by atoms with Crippen LogP contribution in [0.2, 0.25) is 0 Å². The van der Waals surface area contributed by atoms with Crippen molar-refractivity contribution in [2.24, 2.45) is 0 Å². The van der Waals surface area contributed by atoms with Crippen LogP contribution in [0.5, 0.6) is 0 Å². The Morgan fingerprint density at radius 2 is 2.31 bits per heavy atom. The van der Waals surface area contributed by atoms with Gasteiger partial charge in [-0.25, -0.2) is 4.98 Å². The van der Waals surface area contributed by atoms with Crippen molar-refractivity contribution in [2.45, 2.75) is 5.16 Å². The summed E-state index contributed by atoms with van der Waals surface area (Å²) in [5.74, 6) is 2.12. The molecule has 0 bridgehead atoms. The quantitative estimate of drug-likeness (QED) is 0.640. The van der Waals surface area contributed by atoms with E-state index < -0.39 is 0 Å². The standard InChI is InChI=1S/C11H12N4S/c1-2-4-9-8(3-1)14-11(15-9)16-7-10-12-5-6-13-10/h1-4H,5-7H2,(H,12,13)(H,14,15)/p+1. The molecule has 1 aromatic heterocycles. The number of imidazole rings is 1. The average Bonchev–Trinajstić information content (AvgIpc) is 2.95. The van der Waals surface area contributed by atoms with Crippen molar-refractivity contribution in [3.8, 4) is 0 Å². The number of H-pyrrole nitrogens is 1. The molecule has 0 radical (unpaired) electrons. The van der Waals surface area contributed by atoms with Crippen LogP contribution in [-0.2, 0) is 0 Å². The van der Waals surface area contributed by atoms with E-state index >= 15 is 0 Å². The van der Waals surface area contributed by atoms with Gasteiger partial charge in [0.1, 0.15) is 18.8 Å². The van der Waals surface area contributed by atoms with Crippen molar-refractivity contribution in [3.05, 3.63) is 24.3 Å². The zero-order valence-corrected chi connectivity index (χ0v) is 9.60. The van der Waals surface area contributed by atoms with Crippen molar-refractivity contribution < 1.29 is 4.99 Å². The molecule has 3 rings (SSSR count). The van der Waals surface area contributed by atoms with Gasteiger partial charge >= 0.3 is 0 Å². The first-order valence-electron chi connectivity index (χ1n) is 5.33. The zero-order chi connectivity index (χ0) is 10.8. The fourth-order valence-electron chi connectivity index (χ4n) is 1.73. The molecule has 0 aliphatic carbocycles. The highest BCUT2D eigenvalue weighted by Gasteiger charge is 2.13. The van der Waals surface area contributed by atoms with Gasteiger partial charge in [0.15, 0.2) is 5.16 Å². The van der Waals surface area contributed by atoms with Gasteiger partial charge in [0, 0.05) is 0 Å². The van der Waals surface area contributed by atoms with Crippen molar-refractivity contribution in [1.82, 2.24) is 15.3 Å². The summed E-state index contributed by atoms with van der Waals surface area (Å²) in [7, 11) is 0. The van der Waals surface area contributed by atoms with E-state index in [9.17, 15) is 0 Å². The maximum absolute atomic E-state index is 4.51. The lowest BCUT2D eigenvalue weighted by molar-refractivity contribution is -0.444. The maximum atomic E-state index is 4.51. The topological polar surface area (TPSA) is 54.7 Å². The molecule has 0 saturated carbocycles. The van der Waals surface area contributed by atoms with Crippen LogP contribution in [-0.4, -0.2) is 34.6 Å². The summed E-state index contributed by atoms with van der Waals surface area (Å²) in [6, 6.07) is 8.09. The Balaban J connectivity index is 1.74. The first-order chi connectivity index (χ1) is 7.92. The van der Waals surface area contributed by atoms with E-state index in [0.717, 1.165) is 35.0 Å². The van der Waals surface area contributed by atoms with Gasteiger partial charge in [-0.3, -0.25) is 10.3 Å². The molecule has 0 spiro atoms. The fourth-order valence-corrected chi connectivity index (χ4v) is 2.56. The van der Waals surface area contributed by atoms with Gasteiger partial charge < -0.3 is 4.98 Å². The second-order valence-corrected chi connectivity index (χ2v) is 4.64. The minimum atomic E-state index is 0.916. The molecular weight excluding hydrogens is 220 g/mol. The predicted octanol–water partition coefficient (Wildman–Crippen LogP) is -0.263. The van der Waals surface area contributed by atoms with E-state index in [1.165, 1.54) is 5.84 Å². The molecule has 1 aromatic carbocycles. The SMILES string of the molecule is c1ccc2[nH]c(SCC3=[NH+]CCN3)nc2c1. The number of hydrogen-bond donors (Lipinski definition) is 3. The molecule has 2 aromatic rings. The molecule has 0 atom stereocenters. The number of aromatic nitrogens is 2. The molecule has 0 unspecified atom stereocenters. The molecule has 1 aliphatic heterocycles. The second kappa shape index (κ2) is 4.17. The van der Waals surface area contributed by atoms with E-state index in [0.29, 0.717) is 0 Å². The normalized spacial score (nSPS) is 15.1. The minimum absolute atomic E-state index is 0.916. The fraction of sp³-hybridized carbons (Fsp3) is 0.273. The van der Waals surface area contributed by atoms with Crippen LogP contribution in [0, 0.1) is 0 Å². The number of aromatic amines is 1. The highest BCUT2D eigenvalue weighted by atomic mass is 32.2. The number of thioether (sulfide) groups is 1. The van der Waals surface area contributed by atoms with Crippen molar-refractivity contribution in [2.75, 3.05) is 18.8 Å². The average molecular weight is 233 g/mol. The van der Waals surface area contributed by atoms with Crippen LogP contribution in [0.3, 0.4) is 0 Å². The van der Waals surface area contributed by atoms with E-state index in [1.807, 2.05) is 24.3 Å². The number of fused-ring (bicyclic) bond motifs is 1. The van der Waals surface area contributed by atoms with E-state index in [4.69, 9.17) is 0 Å². The summed E-state index contributed by atoms with van der Waals surface area (Å²) in [6.45, 7) is 2.05. The van der Waals surface area contributed by atoms with E-state index in [2.05, 4.69) is 20.3 Å². The van der Waals surface area contributed by atoms with Crippen LogP contribution < -0.4 is 10.3 Å². The van der Waals surface area contributed by atoms with Gasteiger partial charge in [-0.1, -0.05) is 23.9 Å². The summed E-state index contributed by atoms with van der Waals surface area (Å²) in [4.78, 5) is 11.1. The molecule has 1 aliphatic rings. The molecule has 3 N–H and O–H groups in total. The lowest BCUT2D eigenvalue weighted by Crippen LogP contribution is -2.71. The second-order valence-electron chi connectivity index (χ2n) is 3.68. The third-order valence-corrected chi connectivity index (χ3v) is 3.42. The van der Waals surface area contributed by atoms with Crippen molar-refractivity contribution in [1.29, 1.82) is 0 Å². The van der Waals surface area contributed by atoms with Crippen LogP contribution in [0.4, 0.5) is 0 Å². The van der Waals surface area contributed by atoms with Gasteiger partial charge in [0.2, 0.25) is 0 Å². The lowest BCUT2D eigenvalue weighted by Gasteiger charge is -1.93. The Morgan fingerprint density at radius 3 is 3.12 bits per heavy atom. The highest BCUT2D eigenvalue weighted by molar-refractivity contribution is 7.99. The maximum Gasteiger partial charge on any atom is 0.253 e. The van der Waals surface area contributed by atoms with Gasteiger partial charge in [-0.05, 0) is 12.1 Å². The van der Waals surface area contributed by atoms with Crippen LogP contribution >= 0.6 is 11.8 Å². The number of amidine groups is 1. The van der Waals surface area contributed by atoms with Crippen LogP contribution in [0.1, 0.15) is 0 Å². The smallest absolute Gasteiger partial charge is 0.253 e. The monoisotopic (exact) mass is 233 g/mol. The van der Waals surface area contributed by atoms with Crippen molar-refractivity contribution in [3.63, 3.8) is 0 Å². The van der Waals surface area contributed by atoms with Crippen molar-refractivity contribution >= 4 is 28.6 Å². The number of rotatable bonds is 3. The molecule has 2 heterocycles. The predicted molar refractivity (Wildman–Crippen MR) is 65.7 cm³/mol. The zero-order valence-electron chi connectivity index (χ0n) is 8.79. The number of nitrogens with one attached hydrogen (secondary N) is 3. The number of para-hydroxylation sites is 2. The summed E-state index contributed by atoms with van der Waals surface area (Å²) in [6.07, 6.45) is 0. The Kier molecular flexibility index (Phi) is 2.53. The molecule has 5 heteroatoms. The summed E-state index contributed by atoms with van der Waals surface area (Å²) in [5, 5.41) is 4.28. The summed E-state index contributed by atoms with van der Waals surface area (Å²) in [5.41, 5.74) is 2.13. The Hall–Kier alpha value is -1.49. The number of nitrogens with zero attached hydrogens (tertiary/aromatic N) is 1. The summed E-state index contributed by atoms with van der Waals surface area (Å²) >= 11 is 1.71. The molecular formula is C11H13N4S+. The minimum Gasteiger partial charge on any atom is -0.333 e. The third kappa shape index (κ3) is 1.90. The molecule has 0 fully saturated rings. The Labute approximate surface area is 97.6 Å². The molecule has 0 saturated heterocycles. The summed E-state index contributed by atoms with van der Waals surface area (Å²) < 4.78 is 0. The number of hydrogen-bond acceptors (Lipinski definition) is 3. The van der Waals surface area contributed by atoms with E-state index in [-0.39, 0.29) is 0 Å². The Morgan fingerprint density at radius 1 is 1.38 bits per heavy atom. The van der Waals surface area contributed by atoms with Gasteiger partial charge in [0.25, 0.3) is 5.84 Å². The van der Waals surface area contributed by atoms with Gasteiger partial charge in [0.05, 0.1) is 11.0 Å². The largest absolute Gasteiger partial charge is 0.333 e. The van der Waals surface area contributed by atoms with Crippen LogP contribution in [0.25, 0.3) is 11.0 Å². The first-order valence-corrected chi connectivity index (χ1v) is 6.31.